The smallest absolute Gasteiger partial charge is 0.122 e. The summed E-state index contributed by atoms with van der Waals surface area (Å²) in [4.78, 5) is 0. The molecule has 3 nitrogen and oxygen atoms in total. The van der Waals surface area contributed by atoms with Gasteiger partial charge in [0, 0.05) is 5.56 Å². The topological polar surface area (TPSA) is 18.5 Å². The van der Waals surface area contributed by atoms with Gasteiger partial charge in [-0.2, -0.15) is 0 Å². The molecule has 180 valence electrons. The molecule has 0 amide bonds. The Labute approximate surface area is 203 Å². The molecule has 0 heterocycles. The van der Waals surface area contributed by atoms with Crippen LogP contribution in [0.1, 0.15) is 57.7 Å². The van der Waals surface area contributed by atoms with E-state index in [0.29, 0.717) is 18.6 Å². The summed E-state index contributed by atoms with van der Waals surface area (Å²) in [6, 6.07) is 17.3. The van der Waals surface area contributed by atoms with Crippen LogP contribution in [0.4, 0.5) is 0 Å². The van der Waals surface area contributed by atoms with E-state index in [-0.39, 0.29) is 17.8 Å². The van der Waals surface area contributed by atoms with Crippen molar-refractivity contribution in [1.82, 2.24) is 0 Å². The number of nitrogens with zero attached hydrogens (tertiary/aromatic N) is 1. The van der Waals surface area contributed by atoms with Crippen molar-refractivity contribution in [2.75, 3.05) is 40.5 Å². The highest BCUT2D eigenvalue weighted by Gasteiger charge is 2.27. The zero-order valence-corrected chi connectivity index (χ0v) is 22.3. The second-order valence-electron chi connectivity index (χ2n) is 11.4. The van der Waals surface area contributed by atoms with Crippen molar-refractivity contribution in [1.29, 1.82) is 0 Å². The van der Waals surface area contributed by atoms with Gasteiger partial charge >= 0.3 is 0 Å². The van der Waals surface area contributed by atoms with Gasteiger partial charge in [-0.25, -0.2) is 0 Å². The third-order valence-electron chi connectivity index (χ3n) is 5.71. The van der Waals surface area contributed by atoms with Crippen LogP contribution >= 0.6 is 0 Å². The van der Waals surface area contributed by atoms with Crippen LogP contribution in [0, 0.1) is 12.3 Å². The zero-order valence-electron chi connectivity index (χ0n) is 21.5. The number of ether oxygens (including phenoxy) is 2. The first-order valence-corrected chi connectivity index (χ1v) is 11.6. The highest BCUT2D eigenvalue weighted by molar-refractivity contribution is 5.39. The van der Waals surface area contributed by atoms with E-state index in [9.17, 15) is 0 Å². The second kappa shape index (κ2) is 12.1. The lowest BCUT2D eigenvalue weighted by Crippen LogP contribution is -3.00. The first-order chi connectivity index (χ1) is 14.4. The van der Waals surface area contributed by atoms with Crippen LogP contribution in [-0.4, -0.2) is 44.9 Å². The molecule has 0 aromatic heterocycles. The molecule has 0 aliphatic heterocycles. The summed E-state index contributed by atoms with van der Waals surface area (Å²) in [7, 11) is 4.50. The van der Waals surface area contributed by atoms with Crippen LogP contribution in [0.5, 0.6) is 5.75 Å². The third kappa shape index (κ3) is 9.94. The Balaban J connectivity index is 0.00000512. The molecule has 0 spiro atoms. The maximum absolute atomic E-state index is 6.00. The number of likely N-dealkylation sites (N-methyl/N-ethyl adjacent to an activating group) is 1. The number of quaternary nitrogens is 1. The normalized spacial score (nSPS) is 12.4. The van der Waals surface area contributed by atoms with Crippen molar-refractivity contribution in [3.63, 3.8) is 0 Å². The van der Waals surface area contributed by atoms with E-state index in [1.165, 1.54) is 16.7 Å². The van der Waals surface area contributed by atoms with E-state index >= 15 is 0 Å². The quantitative estimate of drug-likeness (QED) is 0.377. The lowest BCUT2D eigenvalue weighted by Gasteiger charge is -2.33. The fraction of sp³-hybridized carbons (Fsp3) is 0.571. The van der Waals surface area contributed by atoms with Crippen LogP contribution in [0.2, 0.25) is 0 Å². The average Bonchev–Trinajstić information content (AvgIpc) is 2.64. The summed E-state index contributed by atoms with van der Waals surface area (Å²) < 4.78 is 12.8. The predicted molar refractivity (Wildman–Crippen MR) is 132 cm³/mol. The Hall–Kier alpha value is -1.55. The molecule has 0 atom stereocenters. The minimum absolute atomic E-state index is 0. The van der Waals surface area contributed by atoms with Gasteiger partial charge in [-0.05, 0) is 41.4 Å². The average molecular weight is 462 g/mol. The first-order valence-electron chi connectivity index (χ1n) is 11.6. The Morgan fingerprint density at radius 2 is 1.50 bits per heavy atom. The van der Waals surface area contributed by atoms with E-state index in [0.717, 1.165) is 36.3 Å². The lowest BCUT2D eigenvalue weighted by molar-refractivity contribution is -0.904. The van der Waals surface area contributed by atoms with E-state index in [1.54, 1.807) is 0 Å². The van der Waals surface area contributed by atoms with Gasteiger partial charge in [0.15, 0.2) is 0 Å². The molecule has 0 aliphatic rings. The molecule has 0 saturated heterocycles. The number of halogens is 1. The Morgan fingerprint density at radius 3 is 2.09 bits per heavy atom. The van der Waals surface area contributed by atoms with E-state index in [1.807, 2.05) is 0 Å². The molecule has 0 unspecified atom stereocenters. The largest absolute Gasteiger partial charge is 1.00 e. The Morgan fingerprint density at radius 1 is 0.844 bits per heavy atom. The Bertz CT molecular complexity index is 810. The summed E-state index contributed by atoms with van der Waals surface area (Å²) in [5.41, 5.74) is 4.39. The highest BCUT2D eigenvalue weighted by Crippen LogP contribution is 2.37. The molecular formula is C28H44ClNO2. The molecule has 2 rings (SSSR count). The van der Waals surface area contributed by atoms with Crippen LogP contribution in [0.15, 0.2) is 48.5 Å². The van der Waals surface area contributed by atoms with Gasteiger partial charge in [0.2, 0.25) is 0 Å². The highest BCUT2D eigenvalue weighted by atomic mass is 35.5. The molecule has 32 heavy (non-hydrogen) atoms. The van der Waals surface area contributed by atoms with Crippen LogP contribution in [0.3, 0.4) is 0 Å². The molecule has 0 aliphatic carbocycles. The van der Waals surface area contributed by atoms with Crippen LogP contribution in [-0.2, 0) is 16.7 Å². The Kier molecular flexibility index (Phi) is 10.7. The maximum atomic E-state index is 6.00. The standard InChI is InChI=1S/C28H44NO2.ClH/c1-23-20-25(28(5,6)22-27(2,3)4)14-15-26(23)31-19-18-30-17-16-29(7,8)21-24-12-10-9-11-13-24;/h9-15,20H,16-19,21-22H2,1-8H3;1H/q+1;/p-1. The van der Waals surface area contributed by atoms with E-state index in [4.69, 9.17) is 9.47 Å². The molecule has 0 bridgehead atoms. The minimum Gasteiger partial charge on any atom is -1.00 e. The summed E-state index contributed by atoms with van der Waals surface area (Å²) in [6.07, 6.45) is 1.15. The van der Waals surface area contributed by atoms with Gasteiger partial charge in [0.05, 0.1) is 27.3 Å². The van der Waals surface area contributed by atoms with Crippen molar-refractivity contribution >= 4 is 0 Å². The second-order valence-corrected chi connectivity index (χ2v) is 11.4. The predicted octanol–water partition coefficient (Wildman–Crippen LogP) is 3.38. The van der Waals surface area contributed by atoms with Gasteiger partial charge in [0.1, 0.15) is 25.4 Å². The van der Waals surface area contributed by atoms with Crippen LogP contribution < -0.4 is 17.1 Å². The van der Waals surface area contributed by atoms with Gasteiger partial charge in [-0.1, -0.05) is 77.1 Å². The first kappa shape index (κ1) is 28.5. The van der Waals surface area contributed by atoms with Gasteiger partial charge < -0.3 is 26.4 Å². The van der Waals surface area contributed by atoms with Crippen molar-refractivity contribution < 1.29 is 26.4 Å². The summed E-state index contributed by atoms with van der Waals surface area (Å²) >= 11 is 0. The van der Waals surface area contributed by atoms with Crippen molar-refractivity contribution in [3.8, 4) is 5.75 Å². The molecule has 0 N–H and O–H groups in total. The lowest BCUT2D eigenvalue weighted by atomic mass is 9.72. The molecule has 4 heteroatoms. The molecule has 0 radical (unpaired) electrons. The van der Waals surface area contributed by atoms with Gasteiger partial charge in [-0.15, -0.1) is 0 Å². The van der Waals surface area contributed by atoms with Crippen molar-refractivity contribution in [2.45, 2.75) is 59.9 Å². The van der Waals surface area contributed by atoms with E-state index < -0.39 is 0 Å². The number of benzene rings is 2. The number of hydrogen-bond donors (Lipinski definition) is 0. The third-order valence-corrected chi connectivity index (χ3v) is 5.71. The number of rotatable bonds is 11. The molecule has 0 fully saturated rings. The number of hydrogen-bond acceptors (Lipinski definition) is 2. The van der Waals surface area contributed by atoms with Gasteiger partial charge in [0.25, 0.3) is 0 Å². The maximum Gasteiger partial charge on any atom is 0.122 e. The molecular weight excluding hydrogens is 418 g/mol. The summed E-state index contributed by atoms with van der Waals surface area (Å²) in [6.45, 7) is 17.6. The van der Waals surface area contributed by atoms with Gasteiger partial charge in [-0.3, -0.25) is 0 Å². The summed E-state index contributed by atoms with van der Waals surface area (Å²) in [5, 5.41) is 0. The number of aryl methyl sites for hydroxylation is 1. The molecule has 2 aromatic rings. The fourth-order valence-electron chi connectivity index (χ4n) is 4.44. The monoisotopic (exact) mass is 461 g/mol. The molecule has 2 aromatic carbocycles. The van der Waals surface area contributed by atoms with Crippen LogP contribution in [0.25, 0.3) is 0 Å². The minimum atomic E-state index is 0. The molecule has 0 saturated carbocycles. The summed E-state index contributed by atoms with van der Waals surface area (Å²) in [5.74, 6) is 0.957. The SMILES string of the molecule is Cc1cc(C(C)(C)CC(C)(C)C)ccc1OCCOCC[N+](C)(C)Cc1ccccc1.[Cl-]. The van der Waals surface area contributed by atoms with Crippen molar-refractivity contribution in [3.05, 3.63) is 65.2 Å². The zero-order chi connectivity index (χ0) is 23.1. The van der Waals surface area contributed by atoms with Crippen molar-refractivity contribution in [2.24, 2.45) is 5.41 Å². The van der Waals surface area contributed by atoms with E-state index in [2.05, 4.69) is 104 Å². The fourth-order valence-corrected chi connectivity index (χ4v) is 4.44.